The highest BCUT2D eigenvalue weighted by molar-refractivity contribution is 6.41. The number of carbonyl (C=O) groups is 2. The molecule has 0 bridgehead atoms. The van der Waals surface area contributed by atoms with E-state index >= 15 is 0 Å². The van der Waals surface area contributed by atoms with Crippen molar-refractivity contribution in [3.63, 3.8) is 0 Å². The second-order valence-corrected chi connectivity index (χ2v) is 5.66. The lowest BCUT2D eigenvalue weighted by Gasteiger charge is -2.28. The van der Waals surface area contributed by atoms with Crippen molar-refractivity contribution in [3.05, 3.63) is 11.3 Å². The van der Waals surface area contributed by atoms with Gasteiger partial charge < -0.3 is 25.6 Å². The Balaban J connectivity index is 5.38. The van der Waals surface area contributed by atoms with Crippen molar-refractivity contribution >= 4 is 17.8 Å². The molecule has 1 amide bonds. The van der Waals surface area contributed by atoms with Gasteiger partial charge in [-0.3, -0.25) is 5.41 Å². The Morgan fingerprint density at radius 3 is 2.23 bits per heavy atom. The number of amides is 1. The van der Waals surface area contributed by atoms with Gasteiger partial charge in [-0.25, -0.2) is 9.59 Å². The maximum absolute atomic E-state index is 12.1. The lowest BCUT2D eigenvalue weighted by Crippen LogP contribution is -2.41. The molecular formula is C14H25N3O5. The maximum Gasteiger partial charge on any atom is 0.410 e. The van der Waals surface area contributed by atoms with E-state index < -0.39 is 23.4 Å². The van der Waals surface area contributed by atoms with Gasteiger partial charge in [-0.2, -0.15) is 0 Å². The van der Waals surface area contributed by atoms with Crippen LogP contribution in [0.4, 0.5) is 4.79 Å². The number of carboxylic acids is 1. The molecule has 0 saturated carbocycles. The van der Waals surface area contributed by atoms with Crippen molar-refractivity contribution < 1.29 is 24.5 Å². The second-order valence-electron chi connectivity index (χ2n) is 5.66. The Hall–Kier alpha value is -2.09. The molecule has 0 aliphatic carbocycles. The first kappa shape index (κ1) is 19.9. The van der Waals surface area contributed by atoms with Crippen LogP contribution in [0.3, 0.4) is 0 Å². The van der Waals surface area contributed by atoms with Crippen LogP contribution in [-0.4, -0.2) is 58.2 Å². The van der Waals surface area contributed by atoms with Crippen LogP contribution in [0.2, 0.25) is 0 Å². The van der Waals surface area contributed by atoms with Crippen molar-refractivity contribution in [3.8, 4) is 0 Å². The van der Waals surface area contributed by atoms with Gasteiger partial charge in [-0.05, 0) is 27.2 Å². The maximum atomic E-state index is 12.1. The Morgan fingerprint density at radius 2 is 1.86 bits per heavy atom. The highest BCUT2D eigenvalue weighted by Crippen LogP contribution is 2.13. The predicted octanol–water partition coefficient (Wildman–Crippen LogP) is 0.943. The molecule has 0 rings (SSSR count). The van der Waals surface area contributed by atoms with Crippen LogP contribution >= 0.6 is 0 Å². The molecule has 8 nitrogen and oxygen atoms in total. The Morgan fingerprint density at radius 1 is 1.32 bits per heavy atom. The number of nitrogens with one attached hydrogen (secondary N) is 1. The number of aliphatic hydroxyl groups excluding tert-OH is 1. The van der Waals surface area contributed by atoms with Gasteiger partial charge in [0.25, 0.3) is 0 Å². The van der Waals surface area contributed by atoms with Crippen molar-refractivity contribution in [1.29, 1.82) is 5.41 Å². The summed E-state index contributed by atoms with van der Waals surface area (Å²) in [6, 6.07) is 0. The van der Waals surface area contributed by atoms with E-state index in [1.807, 2.05) is 0 Å². The SMILES string of the molecule is CC/C(N)=C(\CN(CCO)C(=O)OC(C)(C)C)C(=N)C(=O)O. The standard InChI is InChI=1S/C14H25N3O5/c1-5-10(15)9(11(16)12(19)20)8-17(6-7-18)13(21)22-14(2,3)4/h16,18H,5-8,15H2,1-4H3,(H,19,20)/b10-9-,16-11?. The molecule has 0 radical (unpaired) electrons. The molecule has 0 aliphatic rings. The zero-order valence-electron chi connectivity index (χ0n) is 13.5. The minimum Gasteiger partial charge on any atom is -0.477 e. The van der Waals surface area contributed by atoms with Crippen molar-refractivity contribution in [2.75, 3.05) is 19.7 Å². The average molecular weight is 315 g/mol. The van der Waals surface area contributed by atoms with E-state index in [1.54, 1.807) is 27.7 Å². The molecule has 0 unspecified atom stereocenters. The molecule has 0 aliphatic heterocycles. The molecule has 5 N–H and O–H groups in total. The monoisotopic (exact) mass is 315 g/mol. The van der Waals surface area contributed by atoms with E-state index in [-0.39, 0.29) is 31.0 Å². The normalized spacial score (nSPS) is 12.4. The van der Waals surface area contributed by atoms with E-state index in [9.17, 15) is 9.59 Å². The number of aliphatic carboxylic acids is 1. The van der Waals surface area contributed by atoms with Gasteiger partial charge in [0.15, 0.2) is 0 Å². The van der Waals surface area contributed by atoms with E-state index in [4.69, 9.17) is 26.1 Å². The van der Waals surface area contributed by atoms with Crippen molar-refractivity contribution in [2.45, 2.75) is 39.7 Å². The van der Waals surface area contributed by atoms with Crippen LogP contribution in [0.1, 0.15) is 34.1 Å². The predicted molar refractivity (Wildman–Crippen MR) is 81.8 cm³/mol. The summed E-state index contributed by atoms with van der Waals surface area (Å²) in [5, 5.41) is 25.6. The number of nitrogens with zero attached hydrogens (tertiary/aromatic N) is 1. The molecule has 126 valence electrons. The van der Waals surface area contributed by atoms with Crippen molar-refractivity contribution in [1.82, 2.24) is 4.90 Å². The summed E-state index contributed by atoms with van der Waals surface area (Å²) in [6.45, 7) is 6.21. The number of carbonyl (C=O) groups excluding carboxylic acids is 1. The summed E-state index contributed by atoms with van der Waals surface area (Å²) in [6.07, 6.45) is -0.368. The number of rotatable bonds is 7. The summed E-state index contributed by atoms with van der Waals surface area (Å²) >= 11 is 0. The fourth-order valence-corrected chi connectivity index (χ4v) is 1.56. The quantitative estimate of drug-likeness (QED) is 0.516. The van der Waals surface area contributed by atoms with Gasteiger partial charge in [0, 0.05) is 17.8 Å². The molecule has 0 atom stereocenters. The van der Waals surface area contributed by atoms with E-state index in [2.05, 4.69) is 0 Å². The van der Waals surface area contributed by atoms with Crippen LogP contribution in [0.5, 0.6) is 0 Å². The second kappa shape index (κ2) is 8.38. The highest BCUT2D eigenvalue weighted by atomic mass is 16.6. The highest BCUT2D eigenvalue weighted by Gasteiger charge is 2.26. The van der Waals surface area contributed by atoms with Crippen LogP contribution in [0, 0.1) is 5.41 Å². The number of nitrogens with two attached hydrogens (primary N) is 1. The minimum atomic E-state index is -1.43. The number of hydrogen-bond acceptors (Lipinski definition) is 6. The summed E-state index contributed by atoms with van der Waals surface area (Å²) in [4.78, 5) is 24.2. The fourth-order valence-electron chi connectivity index (χ4n) is 1.56. The third-order valence-corrected chi connectivity index (χ3v) is 2.65. The molecule has 0 saturated heterocycles. The number of hydrogen-bond donors (Lipinski definition) is 4. The summed E-state index contributed by atoms with van der Waals surface area (Å²) in [7, 11) is 0. The smallest absolute Gasteiger partial charge is 0.410 e. The molecule has 22 heavy (non-hydrogen) atoms. The van der Waals surface area contributed by atoms with Crippen LogP contribution in [-0.2, 0) is 9.53 Å². The number of allylic oxidation sites excluding steroid dienone is 1. The zero-order valence-corrected chi connectivity index (χ0v) is 13.5. The molecule has 0 aromatic heterocycles. The number of carboxylic acid groups (broad SMARTS) is 1. The Bertz CT molecular complexity index is 466. The molecule has 0 aromatic rings. The number of aliphatic hydroxyl groups is 1. The molecular weight excluding hydrogens is 290 g/mol. The molecule has 0 spiro atoms. The van der Waals surface area contributed by atoms with Crippen LogP contribution in [0.15, 0.2) is 11.3 Å². The van der Waals surface area contributed by atoms with Gasteiger partial charge in [0.2, 0.25) is 0 Å². The van der Waals surface area contributed by atoms with Crippen LogP contribution < -0.4 is 5.73 Å². The van der Waals surface area contributed by atoms with Crippen molar-refractivity contribution in [2.24, 2.45) is 5.73 Å². The van der Waals surface area contributed by atoms with Gasteiger partial charge >= 0.3 is 12.1 Å². The van der Waals surface area contributed by atoms with Gasteiger partial charge in [0.1, 0.15) is 11.3 Å². The Kier molecular flexibility index (Phi) is 7.58. The summed E-state index contributed by atoms with van der Waals surface area (Å²) in [5.74, 6) is -1.43. The average Bonchev–Trinajstić information content (AvgIpc) is 2.39. The van der Waals surface area contributed by atoms with E-state index in [1.165, 1.54) is 0 Å². The lowest BCUT2D eigenvalue weighted by molar-refractivity contribution is -0.129. The third-order valence-electron chi connectivity index (χ3n) is 2.65. The van der Waals surface area contributed by atoms with Crippen LogP contribution in [0.25, 0.3) is 0 Å². The largest absolute Gasteiger partial charge is 0.477 e. The Labute approximate surface area is 130 Å². The lowest BCUT2D eigenvalue weighted by atomic mass is 10.1. The first-order valence-electron chi connectivity index (χ1n) is 6.92. The fraction of sp³-hybridized carbons (Fsp3) is 0.643. The zero-order chi connectivity index (χ0) is 17.5. The van der Waals surface area contributed by atoms with E-state index in [0.717, 1.165) is 4.90 Å². The van der Waals surface area contributed by atoms with E-state index in [0.29, 0.717) is 6.42 Å². The number of ether oxygens (including phenoxy) is 1. The van der Waals surface area contributed by atoms with Gasteiger partial charge in [0.05, 0.1) is 13.2 Å². The molecule has 0 fully saturated rings. The minimum absolute atomic E-state index is 0.0364. The first-order valence-corrected chi connectivity index (χ1v) is 6.92. The van der Waals surface area contributed by atoms with Gasteiger partial charge in [-0.15, -0.1) is 0 Å². The third kappa shape index (κ3) is 6.57. The summed E-state index contributed by atoms with van der Waals surface area (Å²) in [5.41, 5.74) is 4.60. The molecule has 8 heteroatoms. The summed E-state index contributed by atoms with van der Waals surface area (Å²) < 4.78 is 5.20. The topological polar surface area (TPSA) is 137 Å². The molecule has 0 heterocycles. The molecule has 0 aromatic carbocycles. The van der Waals surface area contributed by atoms with Gasteiger partial charge in [-0.1, -0.05) is 6.92 Å². The first-order chi connectivity index (χ1) is 10.0.